The van der Waals surface area contributed by atoms with Crippen molar-refractivity contribution in [3.8, 4) is 5.88 Å². The summed E-state index contributed by atoms with van der Waals surface area (Å²) in [6, 6.07) is 0. The first-order valence-corrected chi connectivity index (χ1v) is 5.98. The van der Waals surface area contributed by atoms with Gasteiger partial charge in [0.05, 0.1) is 24.5 Å². The van der Waals surface area contributed by atoms with E-state index in [1.54, 1.807) is 0 Å². The molecular formula is C12H18N4O2. The van der Waals surface area contributed by atoms with E-state index in [1.807, 2.05) is 13.8 Å². The van der Waals surface area contributed by atoms with Gasteiger partial charge in [-0.2, -0.15) is 5.10 Å². The van der Waals surface area contributed by atoms with Crippen molar-refractivity contribution in [1.82, 2.24) is 10.2 Å². The molecule has 0 spiro atoms. The molecule has 18 heavy (non-hydrogen) atoms. The molecule has 98 valence electrons. The number of rotatable bonds is 4. The van der Waals surface area contributed by atoms with Crippen LogP contribution in [0, 0.1) is 25.2 Å². The Morgan fingerprint density at radius 3 is 2.89 bits per heavy atom. The van der Waals surface area contributed by atoms with Gasteiger partial charge in [-0.05, 0) is 25.8 Å². The second kappa shape index (κ2) is 5.30. The summed E-state index contributed by atoms with van der Waals surface area (Å²) in [5.74, 6) is 0.689. The Morgan fingerprint density at radius 2 is 2.28 bits per heavy atom. The molecule has 2 heterocycles. The number of nitrogens with zero attached hydrogens (tertiary/aromatic N) is 2. The zero-order chi connectivity index (χ0) is 13.1. The maximum Gasteiger partial charge on any atom is 0.244 e. The maximum absolute atomic E-state index is 7.61. The van der Waals surface area contributed by atoms with Crippen LogP contribution in [0.3, 0.4) is 0 Å². The Kier molecular flexibility index (Phi) is 3.76. The Hall–Kier alpha value is -1.69. The lowest BCUT2D eigenvalue weighted by molar-refractivity contribution is 0.165. The monoisotopic (exact) mass is 250 g/mol. The van der Waals surface area contributed by atoms with Gasteiger partial charge in [0.15, 0.2) is 0 Å². The molecule has 0 aliphatic carbocycles. The number of amidine groups is 1. The molecule has 1 unspecified atom stereocenters. The van der Waals surface area contributed by atoms with Crippen LogP contribution in [-0.2, 0) is 4.74 Å². The number of aryl methyl sites for hydroxylation is 1. The molecule has 0 bridgehead atoms. The topological polar surface area (TPSA) is 94.1 Å². The summed E-state index contributed by atoms with van der Waals surface area (Å²) in [5.41, 5.74) is 7.73. The van der Waals surface area contributed by atoms with Crippen molar-refractivity contribution in [3.63, 3.8) is 0 Å². The third-order valence-corrected chi connectivity index (χ3v) is 3.17. The highest BCUT2D eigenvalue weighted by Gasteiger charge is 2.19. The summed E-state index contributed by atoms with van der Waals surface area (Å²) < 4.78 is 10.9. The summed E-state index contributed by atoms with van der Waals surface area (Å²) >= 11 is 0. The fourth-order valence-electron chi connectivity index (χ4n) is 1.92. The highest BCUT2D eigenvalue weighted by Crippen LogP contribution is 2.21. The summed E-state index contributed by atoms with van der Waals surface area (Å²) in [6.07, 6.45) is 0.994. The molecule has 1 aromatic rings. The first kappa shape index (κ1) is 12.8. The molecule has 1 atom stereocenters. The molecule has 6 nitrogen and oxygen atoms in total. The van der Waals surface area contributed by atoms with E-state index >= 15 is 0 Å². The van der Waals surface area contributed by atoms with Gasteiger partial charge >= 0.3 is 0 Å². The molecule has 6 heteroatoms. The quantitative estimate of drug-likeness (QED) is 0.608. The van der Waals surface area contributed by atoms with E-state index in [1.165, 1.54) is 0 Å². The van der Waals surface area contributed by atoms with Crippen LogP contribution in [0.1, 0.15) is 23.2 Å². The van der Waals surface area contributed by atoms with E-state index in [2.05, 4.69) is 10.2 Å². The number of nitrogen functional groups attached to an aromatic ring is 1. The van der Waals surface area contributed by atoms with Crippen LogP contribution in [-0.4, -0.2) is 35.9 Å². The molecule has 0 aromatic carbocycles. The van der Waals surface area contributed by atoms with Crippen LogP contribution < -0.4 is 10.5 Å². The van der Waals surface area contributed by atoms with Crippen molar-refractivity contribution in [2.24, 2.45) is 11.7 Å². The predicted octanol–water partition coefficient (Wildman–Crippen LogP) is 0.793. The lowest BCUT2D eigenvalue weighted by Crippen LogP contribution is -2.20. The van der Waals surface area contributed by atoms with E-state index in [9.17, 15) is 0 Å². The smallest absolute Gasteiger partial charge is 0.244 e. The Labute approximate surface area is 106 Å². The number of hydrogen-bond donors (Lipinski definition) is 2. The molecular weight excluding hydrogens is 232 g/mol. The first-order valence-electron chi connectivity index (χ1n) is 5.98. The highest BCUT2D eigenvalue weighted by molar-refractivity contribution is 5.98. The largest absolute Gasteiger partial charge is 0.476 e. The zero-order valence-corrected chi connectivity index (χ0v) is 10.7. The molecule has 3 N–H and O–H groups in total. The van der Waals surface area contributed by atoms with Crippen molar-refractivity contribution in [3.05, 3.63) is 16.8 Å². The number of nitrogens with one attached hydrogen (secondary N) is 1. The van der Waals surface area contributed by atoms with E-state index in [-0.39, 0.29) is 5.84 Å². The third-order valence-electron chi connectivity index (χ3n) is 3.17. The fourth-order valence-corrected chi connectivity index (χ4v) is 1.92. The van der Waals surface area contributed by atoms with Gasteiger partial charge in [-0.1, -0.05) is 0 Å². The van der Waals surface area contributed by atoms with Crippen molar-refractivity contribution in [2.45, 2.75) is 20.3 Å². The maximum atomic E-state index is 7.61. The van der Waals surface area contributed by atoms with Crippen molar-refractivity contribution in [1.29, 1.82) is 5.41 Å². The van der Waals surface area contributed by atoms with Gasteiger partial charge in [-0.25, -0.2) is 0 Å². The SMILES string of the molecule is Cc1nnc(OCC2CCOC2)c(C(=N)N)c1C. The van der Waals surface area contributed by atoms with Crippen LogP contribution in [0.4, 0.5) is 0 Å². The van der Waals surface area contributed by atoms with Gasteiger partial charge in [0.1, 0.15) is 5.84 Å². The van der Waals surface area contributed by atoms with E-state index in [4.69, 9.17) is 20.6 Å². The van der Waals surface area contributed by atoms with Gasteiger partial charge in [0.25, 0.3) is 0 Å². The second-order valence-electron chi connectivity index (χ2n) is 4.54. The highest BCUT2D eigenvalue weighted by atomic mass is 16.5. The van der Waals surface area contributed by atoms with Gasteiger partial charge < -0.3 is 15.2 Å². The number of ether oxygens (including phenoxy) is 2. The van der Waals surface area contributed by atoms with Crippen LogP contribution in [0.25, 0.3) is 0 Å². The molecule has 1 saturated heterocycles. The summed E-state index contributed by atoms with van der Waals surface area (Å²) in [6.45, 7) is 5.73. The minimum Gasteiger partial charge on any atom is -0.476 e. The normalized spacial score (nSPS) is 18.9. The van der Waals surface area contributed by atoms with Gasteiger partial charge in [-0.15, -0.1) is 5.10 Å². The van der Waals surface area contributed by atoms with Crippen molar-refractivity contribution in [2.75, 3.05) is 19.8 Å². The summed E-state index contributed by atoms with van der Waals surface area (Å²) in [5, 5.41) is 15.6. The molecule has 1 fully saturated rings. The molecule has 1 aromatic heterocycles. The minimum absolute atomic E-state index is 0.0387. The molecule has 0 radical (unpaired) electrons. The standard InChI is InChI=1S/C12H18N4O2/c1-7-8(2)15-16-12(10(7)11(13)14)18-6-9-3-4-17-5-9/h9H,3-6H2,1-2H3,(H3,13,14). The van der Waals surface area contributed by atoms with E-state index in [0.717, 1.165) is 24.3 Å². The first-order chi connectivity index (χ1) is 8.59. The third kappa shape index (κ3) is 2.59. The van der Waals surface area contributed by atoms with Crippen LogP contribution in [0.2, 0.25) is 0 Å². The lowest BCUT2D eigenvalue weighted by Gasteiger charge is -2.14. The zero-order valence-electron chi connectivity index (χ0n) is 10.7. The van der Waals surface area contributed by atoms with Gasteiger partial charge in [0, 0.05) is 12.5 Å². The van der Waals surface area contributed by atoms with E-state index in [0.29, 0.717) is 30.6 Å². The Morgan fingerprint density at radius 1 is 1.50 bits per heavy atom. The average Bonchev–Trinajstić information content (AvgIpc) is 2.83. The van der Waals surface area contributed by atoms with Crippen LogP contribution in [0.15, 0.2) is 0 Å². The van der Waals surface area contributed by atoms with Crippen LogP contribution in [0.5, 0.6) is 5.88 Å². The Bertz CT molecular complexity index is 456. The summed E-state index contributed by atoms with van der Waals surface area (Å²) in [7, 11) is 0. The number of aromatic nitrogens is 2. The van der Waals surface area contributed by atoms with Crippen molar-refractivity contribution < 1.29 is 9.47 Å². The minimum atomic E-state index is -0.0387. The molecule has 1 aliphatic heterocycles. The molecule has 2 rings (SSSR count). The second-order valence-corrected chi connectivity index (χ2v) is 4.54. The number of hydrogen-bond acceptors (Lipinski definition) is 5. The molecule has 1 aliphatic rings. The van der Waals surface area contributed by atoms with E-state index < -0.39 is 0 Å². The van der Waals surface area contributed by atoms with Gasteiger partial charge in [0.2, 0.25) is 5.88 Å². The van der Waals surface area contributed by atoms with Crippen LogP contribution >= 0.6 is 0 Å². The fraction of sp³-hybridized carbons (Fsp3) is 0.583. The summed E-state index contributed by atoms with van der Waals surface area (Å²) in [4.78, 5) is 0. The van der Waals surface area contributed by atoms with Crippen molar-refractivity contribution >= 4 is 5.84 Å². The molecule has 0 amide bonds. The lowest BCUT2D eigenvalue weighted by atomic mass is 10.1. The average molecular weight is 250 g/mol. The number of nitrogens with two attached hydrogens (primary N) is 1. The molecule has 0 saturated carbocycles. The predicted molar refractivity (Wildman–Crippen MR) is 66.9 cm³/mol. The Balaban J connectivity index is 2.16. The van der Waals surface area contributed by atoms with Gasteiger partial charge in [-0.3, -0.25) is 5.41 Å².